The molecule has 6 rings (SSSR count). The van der Waals surface area contributed by atoms with Crippen LogP contribution in [0.15, 0.2) is 72.8 Å². The number of carbonyl (C=O) groups is 2. The molecule has 2 aliphatic rings. The van der Waals surface area contributed by atoms with Crippen LogP contribution < -0.4 is 20.9 Å². The third kappa shape index (κ3) is 12.1. The van der Waals surface area contributed by atoms with Crippen molar-refractivity contribution in [3.63, 3.8) is 0 Å². The van der Waals surface area contributed by atoms with Gasteiger partial charge in [0.05, 0.1) is 11.1 Å². The maximum atomic E-state index is 12.8. The van der Waals surface area contributed by atoms with Crippen molar-refractivity contribution in [2.24, 2.45) is 11.5 Å². The predicted octanol–water partition coefficient (Wildman–Crippen LogP) is 8.36. The third-order valence-corrected chi connectivity index (χ3v) is 12.4. The molecule has 16 heteroatoms. The molecule has 2 aliphatic heterocycles. The second kappa shape index (κ2) is 21.7. The van der Waals surface area contributed by atoms with Crippen LogP contribution in [0.2, 0.25) is 0 Å². The average Bonchev–Trinajstić information content (AvgIpc) is 3.29. The highest BCUT2D eigenvalue weighted by Crippen LogP contribution is 2.34. The summed E-state index contributed by atoms with van der Waals surface area (Å²) >= 11 is 0. The number of carbonyl (C=O) groups excluding carboxylic acids is 2. The summed E-state index contributed by atoms with van der Waals surface area (Å²) < 4.78 is 87.9. The molecule has 2 fully saturated rings. The Bertz CT molecular complexity index is 2030. The molecule has 2 saturated heterocycles. The first-order chi connectivity index (χ1) is 30.3. The molecular weight excluding hydrogens is 839 g/mol. The normalized spacial score (nSPS) is 16.2. The van der Waals surface area contributed by atoms with Crippen LogP contribution in [0.5, 0.6) is 11.5 Å². The van der Waals surface area contributed by atoms with E-state index in [9.17, 15) is 35.9 Å². The number of rotatable bonds is 12. The van der Waals surface area contributed by atoms with E-state index in [4.69, 9.17) is 20.9 Å². The van der Waals surface area contributed by atoms with Crippen molar-refractivity contribution in [1.29, 1.82) is 0 Å². The second-order valence-electron chi connectivity index (χ2n) is 16.2. The summed E-state index contributed by atoms with van der Waals surface area (Å²) in [5.41, 5.74) is 17.1. The SMILES string of the molecule is Cc1c(OCCN)ccc([C@@H](C)N2CCN(C(=O)c3ccc(C(F)(F)F)cc3)CC2)c1C.Cc1c(OCCN)ccc([C@@H](C)N2CCN(C(=O)c3ccc(C(F)(F)F)cc3)CC2)c1C. The Morgan fingerprint density at radius 1 is 0.516 bits per heavy atom. The van der Waals surface area contributed by atoms with E-state index in [0.29, 0.717) is 78.7 Å². The number of benzene rings is 4. The number of amides is 2. The van der Waals surface area contributed by atoms with Crippen molar-refractivity contribution in [1.82, 2.24) is 19.6 Å². The molecule has 10 nitrogen and oxygen atoms in total. The van der Waals surface area contributed by atoms with Gasteiger partial charge in [-0.1, -0.05) is 12.1 Å². The van der Waals surface area contributed by atoms with Gasteiger partial charge in [-0.3, -0.25) is 19.4 Å². The lowest BCUT2D eigenvalue weighted by Crippen LogP contribution is -2.49. The number of hydrogen-bond donors (Lipinski definition) is 2. The number of halogens is 6. The fourth-order valence-electron chi connectivity index (χ4n) is 8.18. The Morgan fingerprint density at radius 2 is 0.828 bits per heavy atom. The van der Waals surface area contributed by atoms with Crippen LogP contribution >= 0.6 is 0 Å². The van der Waals surface area contributed by atoms with Crippen molar-refractivity contribution in [2.75, 3.05) is 78.7 Å². The van der Waals surface area contributed by atoms with E-state index in [2.05, 4.69) is 49.6 Å². The van der Waals surface area contributed by atoms with Crippen molar-refractivity contribution in [2.45, 2.75) is 66.0 Å². The number of nitrogens with two attached hydrogens (primary N) is 2. The highest BCUT2D eigenvalue weighted by Gasteiger charge is 2.33. The van der Waals surface area contributed by atoms with Gasteiger partial charge in [0.2, 0.25) is 0 Å². The van der Waals surface area contributed by atoms with E-state index in [1.807, 2.05) is 26.0 Å². The van der Waals surface area contributed by atoms with E-state index < -0.39 is 23.5 Å². The molecule has 2 amide bonds. The maximum absolute atomic E-state index is 12.8. The quantitative estimate of drug-likeness (QED) is 0.136. The molecule has 2 atom stereocenters. The number of alkyl halides is 6. The first-order valence-corrected chi connectivity index (χ1v) is 21.5. The molecule has 4 N–H and O–H groups in total. The molecule has 2 heterocycles. The van der Waals surface area contributed by atoms with Gasteiger partial charge < -0.3 is 30.7 Å². The first kappa shape index (κ1) is 49.8. The molecule has 4 aromatic carbocycles. The lowest BCUT2D eigenvalue weighted by atomic mass is 9.96. The smallest absolute Gasteiger partial charge is 0.416 e. The largest absolute Gasteiger partial charge is 0.492 e. The summed E-state index contributed by atoms with van der Waals surface area (Å²) in [5, 5.41) is 0. The lowest BCUT2D eigenvalue weighted by molar-refractivity contribution is -0.138. The van der Waals surface area contributed by atoms with Crippen LogP contribution in [-0.2, 0) is 12.4 Å². The zero-order chi connectivity index (χ0) is 46.9. The van der Waals surface area contributed by atoms with E-state index in [1.54, 1.807) is 9.80 Å². The monoisotopic (exact) mass is 898 g/mol. The summed E-state index contributed by atoms with van der Waals surface area (Å²) in [5.74, 6) is 1.21. The molecular formula is C48H60F6N6O4. The highest BCUT2D eigenvalue weighted by atomic mass is 19.4. The van der Waals surface area contributed by atoms with Crippen molar-refractivity contribution < 1.29 is 45.4 Å². The van der Waals surface area contributed by atoms with Gasteiger partial charge >= 0.3 is 12.4 Å². The summed E-state index contributed by atoms with van der Waals surface area (Å²) in [7, 11) is 0. The van der Waals surface area contributed by atoms with Gasteiger partial charge in [0.15, 0.2) is 0 Å². The van der Waals surface area contributed by atoms with Crippen LogP contribution in [-0.4, -0.2) is 110 Å². The minimum absolute atomic E-state index is 0.167. The van der Waals surface area contributed by atoms with Gasteiger partial charge in [-0.25, -0.2) is 0 Å². The van der Waals surface area contributed by atoms with Crippen LogP contribution in [0, 0.1) is 27.7 Å². The van der Waals surface area contributed by atoms with E-state index in [-0.39, 0.29) is 35.0 Å². The first-order valence-electron chi connectivity index (χ1n) is 21.5. The average molecular weight is 899 g/mol. The fraction of sp³-hybridized carbons (Fsp3) is 0.458. The number of hydrogen-bond acceptors (Lipinski definition) is 8. The summed E-state index contributed by atoms with van der Waals surface area (Å²) in [6.45, 7) is 19.3. The molecule has 0 aliphatic carbocycles. The third-order valence-electron chi connectivity index (χ3n) is 12.4. The van der Waals surface area contributed by atoms with Gasteiger partial charge in [-0.05, 0) is 136 Å². The van der Waals surface area contributed by atoms with Crippen molar-refractivity contribution in [3.05, 3.63) is 128 Å². The Labute approximate surface area is 372 Å². The zero-order valence-corrected chi connectivity index (χ0v) is 37.4. The minimum atomic E-state index is -4.41. The molecule has 0 bridgehead atoms. The summed E-state index contributed by atoms with van der Waals surface area (Å²) in [4.78, 5) is 33.5. The zero-order valence-electron chi connectivity index (χ0n) is 37.4. The standard InChI is InChI=1S/2C24H30F3N3O2/c2*1-16-17(2)22(32-15-10-28)9-8-21(16)18(3)29-11-13-30(14-12-29)23(31)19-4-6-20(7-5-19)24(25,26)27/h2*4-9,18H,10-15,28H2,1-3H3/t2*18-/m11/s1. The van der Waals surface area contributed by atoms with Crippen molar-refractivity contribution in [3.8, 4) is 11.5 Å². The minimum Gasteiger partial charge on any atom is -0.492 e. The number of ether oxygens (including phenoxy) is 2. The Kier molecular flexibility index (Phi) is 16.9. The van der Waals surface area contributed by atoms with Gasteiger partial charge in [0.1, 0.15) is 24.7 Å². The molecule has 0 aromatic heterocycles. The van der Waals surface area contributed by atoms with Crippen LogP contribution in [0.4, 0.5) is 26.3 Å². The second-order valence-corrected chi connectivity index (χ2v) is 16.2. The molecule has 0 saturated carbocycles. The molecule has 0 unspecified atom stereocenters. The Morgan fingerprint density at radius 3 is 1.11 bits per heavy atom. The fourth-order valence-corrected chi connectivity index (χ4v) is 8.18. The topological polar surface area (TPSA) is 118 Å². The summed E-state index contributed by atoms with van der Waals surface area (Å²) in [6.07, 6.45) is -8.82. The lowest BCUT2D eigenvalue weighted by Gasteiger charge is -2.39. The Balaban J connectivity index is 0.000000241. The van der Waals surface area contributed by atoms with Crippen LogP contribution in [0.1, 0.15) is 91.2 Å². The molecule has 4 aromatic rings. The number of nitrogens with zero attached hydrogens (tertiary/aromatic N) is 4. The van der Waals surface area contributed by atoms with E-state index >= 15 is 0 Å². The van der Waals surface area contributed by atoms with E-state index in [1.165, 1.54) is 46.5 Å². The molecule has 64 heavy (non-hydrogen) atoms. The predicted molar refractivity (Wildman–Crippen MR) is 236 cm³/mol. The number of piperazine rings is 2. The van der Waals surface area contributed by atoms with Gasteiger partial charge in [0.25, 0.3) is 11.8 Å². The van der Waals surface area contributed by atoms with Crippen LogP contribution in [0.25, 0.3) is 0 Å². The van der Waals surface area contributed by atoms with Crippen LogP contribution in [0.3, 0.4) is 0 Å². The van der Waals surface area contributed by atoms with Gasteiger partial charge in [-0.15, -0.1) is 0 Å². The van der Waals surface area contributed by atoms with E-state index in [0.717, 1.165) is 46.9 Å². The molecule has 0 radical (unpaired) electrons. The highest BCUT2D eigenvalue weighted by molar-refractivity contribution is 5.95. The van der Waals surface area contributed by atoms with Crippen molar-refractivity contribution >= 4 is 11.8 Å². The Hall–Kier alpha value is -5.16. The molecule has 0 spiro atoms. The molecule has 348 valence electrons. The van der Waals surface area contributed by atoms with Gasteiger partial charge in [-0.2, -0.15) is 26.3 Å². The maximum Gasteiger partial charge on any atom is 0.416 e. The summed E-state index contributed by atoms with van der Waals surface area (Å²) in [6, 6.07) is 17.3. The van der Waals surface area contributed by atoms with Gasteiger partial charge in [0, 0.05) is 88.7 Å².